The van der Waals surface area contributed by atoms with Gasteiger partial charge in [0.15, 0.2) is 5.11 Å². The van der Waals surface area contributed by atoms with E-state index in [0.29, 0.717) is 35.2 Å². The third-order valence-electron chi connectivity index (χ3n) is 4.20. The van der Waals surface area contributed by atoms with Crippen molar-refractivity contribution in [1.82, 2.24) is 15.3 Å². The first-order valence-electron chi connectivity index (χ1n) is 10.1. The number of aliphatic imine (C=N–C) groups is 1. The zero-order chi connectivity index (χ0) is 22.9. The number of aryl methyl sites for hydroxylation is 2. The molecule has 9 heteroatoms. The molecule has 0 aliphatic carbocycles. The maximum Gasteiger partial charge on any atom is 0.229 e. The average molecular weight is 469 g/mol. The van der Waals surface area contributed by atoms with Crippen molar-refractivity contribution in [2.24, 2.45) is 4.99 Å². The molecule has 1 heterocycles. The highest BCUT2D eigenvalue weighted by Crippen LogP contribution is 2.15. The first kappa shape index (κ1) is 23.4. The van der Waals surface area contributed by atoms with Crippen LogP contribution in [0.5, 0.6) is 5.75 Å². The summed E-state index contributed by atoms with van der Waals surface area (Å²) in [7, 11) is 0. The van der Waals surface area contributed by atoms with Crippen molar-refractivity contribution in [3.8, 4) is 5.75 Å². The van der Waals surface area contributed by atoms with Crippen LogP contribution in [-0.2, 0) is 6.54 Å². The van der Waals surface area contributed by atoms with Crippen LogP contribution in [0, 0.1) is 13.8 Å². The van der Waals surface area contributed by atoms with E-state index in [0.717, 1.165) is 28.4 Å². The second kappa shape index (κ2) is 11.4. The number of thiocarbonyl (C=S) groups is 1. The van der Waals surface area contributed by atoms with Crippen LogP contribution in [0.3, 0.4) is 0 Å². The summed E-state index contributed by atoms with van der Waals surface area (Å²) in [4.78, 5) is 13.5. The molecule has 1 aromatic heterocycles. The number of halogens is 1. The standard InChI is InChI=1S/C23H25ClN6OS/c1-4-31-20-11-9-19(10-12-20)28-23(32)30-21(25-14-17-5-7-18(24)8-6-17)29-22-26-15(2)13-16(3)27-22/h5-13H,4,14H2,1-3H3,(H3,25,26,27,28,29,30,32). The van der Waals surface area contributed by atoms with Gasteiger partial charge in [0.05, 0.1) is 13.2 Å². The second-order valence-electron chi connectivity index (χ2n) is 6.93. The third kappa shape index (κ3) is 7.47. The summed E-state index contributed by atoms with van der Waals surface area (Å²) in [5.41, 5.74) is 3.53. The molecule has 2 aromatic carbocycles. The highest BCUT2D eigenvalue weighted by Gasteiger charge is 2.08. The first-order valence-corrected chi connectivity index (χ1v) is 10.9. The van der Waals surface area contributed by atoms with Gasteiger partial charge < -0.3 is 15.4 Å². The Balaban J connectivity index is 1.73. The molecule has 7 nitrogen and oxygen atoms in total. The second-order valence-corrected chi connectivity index (χ2v) is 7.77. The molecule has 0 radical (unpaired) electrons. The van der Waals surface area contributed by atoms with E-state index in [9.17, 15) is 0 Å². The van der Waals surface area contributed by atoms with E-state index < -0.39 is 0 Å². The summed E-state index contributed by atoms with van der Waals surface area (Å²) in [6, 6.07) is 17.0. The van der Waals surface area contributed by atoms with Crippen LogP contribution in [0.2, 0.25) is 5.02 Å². The fourth-order valence-electron chi connectivity index (χ4n) is 2.83. The van der Waals surface area contributed by atoms with Crippen molar-refractivity contribution in [2.45, 2.75) is 27.3 Å². The Kier molecular flexibility index (Phi) is 8.35. The van der Waals surface area contributed by atoms with Crippen LogP contribution in [0.15, 0.2) is 59.6 Å². The zero-order valence-corrected chi connectivity index (χ0v) is 19.7. The molecule has 0 fully saturated rings. The highest BCUT2D eigenvalue weighted by atomic mass is 35.5. The minimum absolute atomic E-state index is 0.376. The normalized spacial score (nSPS) is 11.1. The molecule has 3 N–H and O–H groups in total. The molecule has 166 valence electrons. The van der Waals surface area contributed by atoms with Crippen molar-refractivity contribution < 1.29 is 4.74 Å². The van der Waals surface area contributed by atoms with Gasteiger partial charge in [-0.05, 0) is 81.0 Å². The van der Waals surface area contributed by atoms with E-state index in [4.69, 9.17) is 28.6 Å². The summed E-state index contributed by atoms with van der Waals surface area (Å²) in [5, 5.41) is 10.4. The molecule has 0 atom stereocenters. The van der Waals surface area contributed by atoms with Gasteiger partial charge in [0.25, 0.3) is 0 Å². The van der Waals surface area contributed by atoms with Crippen LogP contribution in [0.25, 0.3) is 0 Å². The summed E-state index contributed by atoms with van der Waals surface area (Å²) < 4.78 is 5.47. The van der Waals surface area contributed by atoms with Gasteiger partial charge in [0, 0.05) is 22.1 Å². The Labute approximate surface area is 198 Å². The number of guanidine groups is 1. The van der Waals surface area contributed by atoms with Gasteiger partial charge in [0.2, 0.25) is 11.9 Å². The first-order chi connectivity index (χ1) is 15.4. The maximum absolute atomic E-state index is 5.97. The molecular formula is C23H25ClN6OS. The fourth-order valence-corrected chi connectivity index (χ4v) is 3.17. The maximum atomic E-state index is 5.97. The van der Waals surface area contributed by atoms with Gasteiger partial charge in [-0.2, -0.15) is 0 Å². The predicted molar refractivity (Wildman–Crippen MR) is 135 cm³/mol. The minimum Gasteiger partial charge on any atom is -0.494 e. The largest absolute Gasteiger partial charge is 0.494 e. The lowest BCUT2D eigenvalue weighted by molar-refractivity contribution is 0.340. The SMILES string of the molecule is CCOc1ccc(NC(=S)NC(=NCc2ccc(Cl)cc2)Nc2nc(C)cc(C)n2)cc1. The van der Waals surface area contributed by atoms with Gasteiger partial charge in [-0.15, -0.1) is 0 Å². The molecule has 3 rings (SSSR count). The van der Waals surface area contributed by atoms with Crippen molar-refractivity contribution in [1.29, 1.82) is 0 Å². The lowest BCUT2D eigenvalue weighted by atomic mass is 10.2. The number of aromatic nitrogens is 2. The number of nitrogens with one attached hydrogen (secondary N) is 3. The van der Waals surface area contributed by atoms with Crippen LogP contribution in [0.4, 0.5) is 11.6 Å². The van der Waals surface area contributed by atoms with Crippen LogP contribution in [0.1, 0.15) is 23.9 Å². The molecular weight excluding hydrogens is 444 g/mol. The van der Waals surface area contributed by atoms with E-state index in [1.807, 2.05) is 75.4 Å². The van der Waals surface area contributed by atoms with Gasteiger partial charge in [-0.3, -0.25) is 5.32 Å². The van der Waals surface area contributed by atoms with Crippen molar-refractivity contribution in [2.75, 3.05) is 17.2 Å². The van der Waals surface area contributed by atoms with E-state index in [1.54, 1.807) is 0 Å². The fraction of sp³-hybridized carbons (Fsp3) is 0.217. The van der Waals surface area contributed by atoms with Gasteiger partial charge in [0.1, 0.15) is 5.75 Å². The molecule has 32 heavy (non-hydrogen) atoms. The smallest absolute Gasteiger partial charge is 0.229 e. The van der Waals surface area contributed by atoms with Gasteiger partial charge >= 0.3 is 0 Å². The van der Waals surface area contributed by atoms with Crippen molar-refractivity contribution >= 4 is 46.5 Å². The Morgan fingerprint density at radius 3 is 2.28 bits per heavy atom. The number of ether oxygens (including phenoxy) is 1. The van der Waals surface area contributed by atoms with Crippen molar-refractivity contribution in [3.63, 3.8) is 0 Å². The summed E-state index contributed by atoms with van der Waals surface area (Å²) in [5.74, 6) is 1.66. The molecule has 3 aromatic rings. The highest BCUT2D eigenvalue weighted by molar-refractivity contribution is 7.80. The molecule has 0 unspecified atom stereocenters. The van der Waals surface area contributed by atoms with E-state index >= 15 is 0 Å². The Bertz CT molecular complexity index is 1070. The zero-order valence-electron chi connectivity index (χ0n) is 18.1. The van der Waals surface area contributed by atoms with Crippen LogP contribution in [-0.4, -0.2) is 27.6 Å². The molecule has 0 saturated heterocycles. The Morgan fingerprint density at radius 1 is 1.00 bits per heavy atom. The van der Waals surface area contributed by atoms with Crippen LogP contribution < -0.4 is 20.7 Å². The Morgan fingerprint density at radius 2 is 1.66 bits per heavy atom. The topological polar surface area (TPSA) is 83.5 Å². The van der Waals surface area contributed by atoms with Gasteiger partial charge in [-0.25, -0.2) is 15.0 Å². The molecule has 0 amide bonds. The lowest BCUT2D eigenvalue weighted by Crippen LogP contribution is -2.39. The molecule has 0 spiro atoms. The van der Waals surface area contributed by atoms with Crippen LogP contribution >= 0.6 is 23.8 Å². The number of benzene rings is 2. The monoisotopic (exact) mass is 468 g/mol. The average Bonchev–Trinajstić information content (AvgIpc) is 2.74. The molecule has 0 aliphatic heterocycles. The number of hydrogen-bond acceptors (Lipinski definition) is 5. The third-order valence-corrected chi connectivity index (χ3v) is 4.66. The number of anilines is 2. The quantitative estimate of drug-likeness (QED) is 0.263. The summed E-state index contributed by atoms with van der Waals surface area (Å²) in [6.45, 7) is 6.81. The predicted octanol–water partition coefficient (Wildman–Crippen LogP) is 5.10. The number of nitrogens with zero attached hydrogens (tertiary/aromatic N) is 3. The van der Waals surface area contributed by atoms with Crippen molar-refractivity contribution in [3.05, 3.63) is 76.6 Å². The van der Waals surface area contributed by atoms with E-state index in [-0.39, 0.29) is 0 Å². The molecule has 0 aliphatic rings. The summed E-state index contributed by atoms with van der Waals surface area (Å²) in [6.07, 6.45) is 0. The molecule has 0 bridgehead atoms. The van der Waals surface area contributed by atoms with E-state index in [1.165, 1.54) is 0 Å². The van der Waals surface area contributed by atoms with Gasteiger partial charge in [-0.1, -0.05) is 23.7 Å². The number of rotatable bonds is 6. The molecule has 0 saturated carbocycles. The minimum atomic E-state index is 0.376. The van der Waals surface area contributed by atoms with E-state index in [2.05, 4.69) is 30.9 Å². The number of hydrogen-bond donors (Lipinski definition) is 3. The Hall–Kier alpha value is -3.23. The summed E-state index contributed by atoms with van der Waals surface area (Å²) >= 11 is 11.5. The lowest BCUT2D eigenvalue weighted by Gasteiger charge is -2.14.